The number of halogens is 3. The lowest BCUT2D eigenvalue weighted by atomic mass is 10.0. The maximum absolute atomic E-state index is 14.0. The zero-order valence-corrected chi connectivity index (χ0v) is 13.8. The number of hydrogen-bond donors (Lipinski definition) is 2. The Kier molecular flexibility index (Phi) is 4.12. The molecule has 27 heavy (non-hydrogen) atoms. The minimum absolute atomic E-state index is 0.163. The lowest BCUT2D eigenvalue weighted by molar-refractivity contribution is 0.102. The normalized spacial score (nSPS) is 10.9. The minimum Gasteiger partial charge on any atom is -0.305 e. The van der Waals surface area contributed by atoms with Crippen LogP contribution in [0.1, 0.15) is 10.4 Å². The summed E-state index contributed by atoms with van der Waals surface area (Å²) in [5, 5.41) is 10.0. The quantitative estimate of drug-likeness (QED) is 0.541. The largest absolute Gasteiger partial charge is 0.305 e. The summed E-state index contributed by atoms with van der Waals surface area (Å²) in [6, 6.07) is 13.6. The van der Waals surface area contributed by atoms with Crippen molar-refractivity contribution < 1.29 is 18.0 Å². The van der Waals surface area contributed by atoms with E-state index in [1.165, 1.54) is 30.3 Å². The number of rotatable bonds is 3. The van der Waals surface area contributed by atoms with Gasteiger partial charge in [-0.25, -0.2) is 13.2 Å². The average molecular weight is 367 g/mol. The number of benzene rings is 3. The van der Waals surface area contributed by atoms with Gasteiger partial charge >= 0.3 is 0 Å². The summed E-state index contributed by atoms with van der Waals surface area (Å²) in [5.41, 5.74) is 1.51. The summed E-state index contributed by atoms with van der Waals surface area (Å²) < 4.78 is 40.3. The van der Waals surface area contributed by atoms with Crippen LogP contribution in [0.2, 0.25) is 0 Å². The van der Waals surface area contributed by atoms with Gasteiger partial charge in [-0.2, -0.15) is 5.10 Å². The standard InChI is InChI=1S/C20H12F3N3O/c21-13-3-1-2-12(8-13)20(27)24-19-16-6-4-11(9-18(16)25-26-19)15-7-5-14(22)10-17(15)23/h1-10H,(H2,24,25,26,27). The summed E-state index contributed by atoms with van der Waals surface area (Å²) in [5.74, 6) is -2.07. The van der Waals surface area contributed by atoms with Crippen molar-refractivity contribution in [3.63, 3.8) is 0 Å². The van der Waals surface area contributed by atoms with Gasteiger partial charge in [-0.3, -0.25) is 9.89 Å². The molecule has 0 saturated heterocycles. The average Bonchev–Trinajstić information content (AvgIpc) is 3.04. The molecule has 0 aliphatic heterocycles. The fraction of sp³-hybridized carbons (Fsp3) is 0. The second-order valence-corrected chi connectivity index (χ2v) is 5.92. The first-order valence-electron chi connectivity index (χ1n) is 8.02. The molecule has 3 aromatic carbocycles. The maximum atomic E-state index is 14.0. The molecular formula is C20H12F3N3O. The number of carbonyl (C=O) groups excluding carboxylic acids is 1. The van der Waals surface area contributed by atoms with Crippen LogP contribution in [0.4, 0.5) is 19.0 Å². The van der Waals surface area contributed by atoms with E-state index in [1.807, 2.05) is 0 Å². The summed E-state index contributed by atoms with van der Waals surface area (Å²) in [6.07, 6.45) is 0. The molecule has 134 valence electrons. The minimum atomic E-state index is -0.673. The topological polar surface area (TPSA) is 57.8 Å². The molecule has 1 heterocycles. The fourth-order valence-electron chi connectivity index (χ4n) is 2.82. The van der Waals surface area contributed by atoms with Crippen molar-refractivity contribution in [2.24, 2.45) is 0 Å². The number of H-pyrrole nitrogens is 1. The Morgan fingerprint density at radius 2 is 1.74 bits per heavy atom. The van der Waals surface area contributed by atoms with Crippen LogP contribution in [-0.2, 0) is 0 Å². The summed E-state index contributed by atoms with van der Waals surface area (Å²) in [6.45, 7) is 0. The third kappa shape index (κ3) is 3.27. The van der Waals surface area contributed by atoms with Crippen molar-refractivity contribution in [1.82, 2.24) is 10.2 Å². The molecular weight excluding hydrogens is 355 g/mol. The number of fused-ring (bicyclic) bond motifs is 1. The third-order valence-electron chi connectivity index (χ3n) is 4.12. The molecule has 4 nitrogen and oxygen atoms in total. The Bertz CT molecular complexity index is 1170. The van der Waals surface area contributed by atoms with E-state index < -0.39 is 23.4 Å². The van der Waals surface area contributed by atoms with Gasteiger partial charge in [-0.15, -0.1) is 0 Å². The van der Waals surface area contributed by atoms with E-state index in [9.17, 15) is 18.0 Å². The van der Waals surface area contributed by atoms with Crippen molar-refractivity contribution in [3.8, 4) is 11.1 Å². The predicted octanol–water partition coefficient (Wildman–Crippen LogP) is 4.90. The molecule has 0 radical (unpaired) electrons. The molecule has 0 aliphatic rings. The highest BCUT2D eigenvalue weighted by atomic mass is 19.1. The van der Waals surface area contributed by atoms with E-state index in [1.54, 1.807) is 18.2 Å². The molecule has 4 rings (SSSR count). The van der Waals surface area contributed by atoms with Gasteiger partial charge in [0.2, 0.25) is 0 Å². The van der Waals surface area contributed by atoms with Gasteiger partial charge in [-0.1, -0.05) is 12.1 Å². The molecule has 0 spiro atoms. The molecule has 7 heteroatoms. The number of aromatic amines is 1. The first kappa shape index (κ1) is 16.8. The molecule has 1 amide bonds. The number of aromatic nitrogens is 2. The van der Waals surface area contributed by atoms with Crippen LogP contribution in [0.15, 0.2) is 60.7 Å². The van der Waals surface area contributed by atoms with Gasteiger partial charge in [0, 0.05) is 22.6 Å². The SMILES string of the molecule is O=C(Nc1n[nH]c2cc(-c3ccc(F)cc3F)ccc12)c1cccc(F)c1. The molecule has 0 bridgehead atoms. The van der Waals surface area contributed by atoms with Gasteiger partial charge < -0.3 is 5.32 Å². The summed E-state index contributed by atoms with van der Waals surface area (Å²) >= 11 is 0. The van der Waals surface area contributed by atoms with Crippen LogP contribution < -0.4 is 5.32 Å². The van der Waals surface area contributed by atoms with Crippen LogP contribution in [0.3, 0.4) is 0 Å². The molecule has 0 atom stereocenters. The van der Waals surface area contributed by atoms with Gasteiger partial charge in [-0.05, 0) is 48.0 Å². The number of nitrogens with zero attached hydrogens (tertiary/aromatic N) is 1. The second kappa shape index (κ2) is 6.60. The monoisotopic (exact) mass is 367 g/mol. The van der Waals surface area contributed by atoms with Crippen LogP contribution in [0, 0.1) is 17.5 Å². The van der Waals surface area contributed by atoms with E-state index in [0.717, 1.165) is 12.1 Å². The van der Waals surface area contributed by atoms with Crippen LogP contribution in [0.5, 0.6) is 0 Å². The number of amides is 1. The highest BCUT2D eigenvalue weighted by Gasteiger charge is 2.13. The van der Waals surface area contributed by atoms with Gasteiger partial charge in [0.15, 0.2) is 5.82 Å². The van der Waals surface area contributed by atoms with Crippen molar-refractivity contribution in [1.29, 1.82) is 0 Å². The Morgan fingerprint density at radius 3 is 2.52 bits per heavy atom. The number of carbonyl (C=O) groups is 1. The van der Waals surface area contributed by atoms with E-state index in [2.05, 4.69) is 15.5 Å². The molecule has 0 fully saturated rings. The highest BCUT2D eigenvalue weighted by Crippen LogP contribution is 2.29. The zero-order valence-electron chi connectivity index (χ0n) is 13.8. The van der Waals surface area contributed by atoms with Crippen LogP contribution >= 0.6 is 0 Å². The highest BCUT2D eigenvalue weighted by molar-refractivity contribution is 6.08. The molecule has 0 aliphatic carbocycles. The van der Waals surface area contributed by atoms with E-state index >= 15 is 0 Å². The first-order chi connectivity index (χ1) is 13.0. The maximum Gasteiger partial charge on any atom is 0.256 e. The number of nitrogens with one attached hydrogen (secondary N) is 2. The van der Waals surface area contributed by atoms with Gasteiger partial charge in [0.25, 0.3) is 5.91 Å². The van der Waals surface area contributed by atoms with E-state index in [4.69, 9.17) is 0 Å². The van der Waals surface area contributed by atoms with Gasteiger partial charge in [0.05, 0.1) is 5.52 Å². The third-order valence-corrected chi connectivity index (χ3v) is 4.12. The Morgan fingerprint density at radius 1 is 0.926 bits per heavy atom. The lowest BCUT2D eigenvalue weighted by Crippen LogP contribution is -2.12. The smallest absolute Gasteiger partial charge is 0.256 e. The molecule has 0 unspecified atom stereocenters. The van der Waals surface area contributed by atoms with Gasteiger partial charge in [0.1, 0.15) is 17.5 Å². The zero-order chi connectivity index (χ0) is 19.0. The molecule has 0 saturated carbocycles. The van der Waals surface area contributed by atoms with E-state index in [-0.39, 0.29) is 16.9 Å². The second-order valence-electron chi connectivity index (χ2n) is 5.92. The van der Waals surface area contributed by atoms with Crippen molar-refractivity contribution >= 4 is 22.6 Å². The van der Waals surface area contributed by atoms with Crippen LogP contribution in [-0.4, -0.2) is 16.1 Å². The van der Waals surface area contributed by atoms with E-state index in [0.29, 0.717) is 16.5 Å². The molecule has 4 aromatic rings. The first-order valence-corrected chi connectivity index (χ1v) is 8.02. The molecule has 1 aromatic heterocycles. The fourth-order valence-corrected chi connectivity index (χ4v) is 2.82. The summed E-state index contributed by atoms with van der Waals surface area (Å²) in [4.78, 5) is 12.3. The van der Waals surface area contributed by atoms with Crippen molar-refractivity contribution in [2.45, 2.75) is 0 Å². The number of anilines is 1. The van der Waals surface area contributed by atoms with Crippen molar-refractivity contribution in [3.05, 3.63) is 83.7 Å². The summed E-state index contributed by atoms with van der Waals surface area (Å²) in [7, 11) is 0. The lowest BCUT2D eigenvalue weighted by Gasteiger charge is -2.05. The Balaban J connectivity index is 1.65. The van der Waals surface area contributed by atoms with Crippen LogP contribution in [0.25, 0.3) is 22.0 Å². The molecule has 2 N–H and O–H groups in total. The predicted molar refractivity (Wildman–Crippen MR) is 95.8 cm³/mol. The Hall–Kier alpha value is -3.61. The van der Waals surface area contributed by atoms with Crippen molar-refractivity contribution in [2.75, 3.05) is 5.32 Å². The Labute approximate surface area is 151 Å². The number of hydrogen-bond acceptors (Lipinski definition) is 2.